The van der Waals surface area contributed by atoms with Gasteiger partial charge in [-0.3, -0.25) is 9.10 Å². The summed E-state index contributed by atoms with van der Waals surface area (Å²) in [5.74, 6) is 0.940. The molecule has 0 fully saturated rings. The number of methoxy groups -OCH3 is 3. The van der Waals surface area contributed by atoms with Gasteiger partial charge in [-0.25, -0.2) is 8.42 Å². The first kappa shape index (κ1) is 23.1. The van der Waals surface area contributed by atoms with Crippen LogP contribution in [0.2, 0.25) is 0 Å². The normalized spacial score (nSPS) is 10.9. The lowest BCUT2D eigenvalue weighted by molar-refractivity contribution is -0.119. The number of carbonyl (C=O) groups excluding carboxylic acids is 1. The highest BCUT2D eigenvalue weighted by Gasteiger charge is 2.21. The van der Waals surface area contributed by atoms with E-state index in [2.05, 4.69) is 27.9 Å². The summed E-state index contributed by atoms with van der Waals surface area (Å²) in [4.78, 5) is 12.4. The van der Waals surface area contributed by atoms with Crippen molar-refractivity contribution in [3.8, 4) is 17.2 Å². The summed E-state index contributed by atoms with van der Waals surface area (Å²) in [5, 5.41) is 2.72. The molecule has 0 aliphatic carbocycles. The molecule has 0 saturated carbocycles. The molecule has 1 N–H and O–H groups in total. The van der Waals surface area contributed by atoms with Gasteiger partial charge >= 0.3 is 0 Å². The molecule has 2 aromatic carbocycles. The molecule has 2 aromatic rings. The van der Waals surface area contributed by atoms with Crippen LogP contribution in [0.4, 0.5) is 5.69 Å². The van der Waals surface area contributed by atoms with E-state index in [4.69, 9.17) is 14.2 Å². The van der Waals surface area contributed by atoms with Crippen molar-refractivity contribution >= 4 is 44.2 Å². The minimum atomic E-state index is -3.63. The topological polar surface area (TPSA) is 94.2 Å². The third kappa shape index (κ3) is 6.13. The summed E-state index contributed by atoms with van der Waals surface area (Å²) in [6.45, 7) is -0.163. The summed E-state index contributed by atoms with van der Waals surface area (Å²) < 4.78 is 42.2. The number of hydrogen-bond donors (Lipinski definition) is 1. The monoisotopic (exact) mass is 534 g/mol. The summed E-state index contributed by atoms with van der Waals surface area (Å²) in [6.07, 6.45) is 1.07. The Labute approximate surface area is 184 Å². The van der Waals surface area contributed by atoms with Crippen LogP contribution in [0, 0.1) is 3.57 Å². The van der Waals surface area contributed by atoms with E-state index >= 15 is 0 Å². The molecule has 0 heterocycles. The number of sulfonamides is 1. The summed E-state index contributed by atoms with van der Waals surface area (Å²) >= 11 is 2.13. The third-order valence-corrected chi connectivity index (χ3v) is 5.88. The highest BCUT2D eigenvalue weighted by Crippen LogP contribution is 2.38. The maximum atomic E-state index is 12.4. The molecule has 2 rings (SSSR count). The van der Waals surface area contributed by atoms with Crippen LogP contribution in [0.25, 0.3) is 0 Å². The van der Waals surface area contributed by atoms with Gasteiger partial charge in [0.05, 0.1) is 33.3 Å². The second kappa shape index (κ2) is 10.0. The molecule has 0 aliphatic heterocycles. The molecule has 0 aliphatic rings. The van der Waals surface area contributed by atoms with Gasteiger partial charge in [0.15, 0.2) is 11.5 Å². The molecule has 0 radical (unpaired) electrons. The fourth-order valence-electron chi connectivity index (χ4n) is 2.63. The maximum absolute atomic E-state index is 12.4. The minimum Gasteiger partial charge on any atom is -0.493 e. The van der Waals surface area contributed by atoms with E-state index in [1.165, 1.54) is 21.3 Å². The molecule has 1 amide bonds. The molecule has 0 aromatic heterocycles. The van der Waals surface area contributed by atoms with Crippen LogP contribution < -0.4 is 23.8 Å². The lowest BCUT2D eigenvalue weighted by Gasteiger charge is -2.22. The standard InChI is InChI=1S/C19H23IN2O6S/c1-26-16-9-13(10-17(27-2)19(16)28-3)11-21-18(23)12-22(29(4,24)25)15-7-5-14(20)6-8-15/h5-10H,11-12H2,1-4H3,(H,21,23). The molecule has 29 heavy (non-hydrogen) atoms. The number of halogens is 1. The number of benzene rings is 2. The van der Waals surface area contributed by atoms with Crippen LogP contribution in [0.5, 0.6) is 17.2 Å². The number of nitrogens with one attached hydrogen (secondary N) is 1. The van der Waals surface area contributed by atoms with E-state index in [1.807, 2.05) is 0 Å². The van der Waals surface area contributed by atoms with Gasteiger partial charge in [-0.15, -0.1) is 0 Å². The molecule has 0 unspecified atom stereocenters. The largest absolute Gasteiger partial charge is 0.493 e. The number of nitrogens with zero attached hydrogens (tertiary/aromatic N) is 1. The molecular weight excluding hydrogens is 511 g/mol. The molecule has 8 nitrogen and oxygen atoms in total. The van der Waals surface area contributed by atoms with E-state index in [0.717, 1.165) is 14.1 Å². The van der Waals surface area contributed by atoms with Crippen molar-refractivity contribution < 1.29 is 27.4 Å². The number of amides is 1. The third-order valence-electron chi connectivity index (χ3n) is 4.02. The van der Waals surface area contributed by atoms with Crippen LogP contribution >= 0.6 is 22.6 Å². The van der Waals surface area contributed by atoms with Crippen molar-refractivity contribution in [1.82, 2.24) is 5.32 Å². The zero-order chi connectivity index (χ0) is 21.6. The first-order chi connectivity index (χ1) is 13.7. The van der Waals surface area contributed by atoms with Gasteiger partial charge in [0.25, 0.3) is 0 Å². The lowest BCUT2D eigenvalue weighted by Crippen LogP contribution is -2.40. The van der Waals surface area contributed by atoms with E-state index in [1.54, 1.807) is 36.4 Å². The number of ether oxygens (including phenoxy) is 3. The highest BCUT2D eigenvalue weighted by atomic mass is 127. The zero-order valence-electron chi connectivity index (χ0n) is 16.6. The predicted octanol–water partition coefficient (Wildman–Crippen LogP) is 2.40. The molecule has 0 saturated heterocycles. The Hall–Kier alpha value is -2.21. The van der Waals surface area contributed by atoms with Crippen LogP contribution in [0.3, 0.4) is 0 Å². The summed E-state index contributed by atoms with van der Waals surface area (Å²) in [6, 6.07) is 10.3. The lowest BCUT2D eigenvalue weighted by atomic mass is 10.1. The van der Waals surface area contributed by atoms with Crippen molar-refractivity contribution in [2.45, 2.75) is 6.54 Å². The minimum absolute atomic E-state index is 0.167. The summed E-state index contributed by atoms with van der Waals surface area (Å²) in [7, 11) is 0.890. The van der Waals surface area contributed by atoms with Gasteiger partial charge < -0.3 is 19.5 Å². The van der Waals surface area contributed by atoms with Crippen LogP contribution in [0.1, 0.15) is 5.56 Å². The van der Waals surface area contributed by atoms with Crippen LogP contribution in [-0.4, -0.2) is 48.5 Å². The van der Waals surface area contributed by atoms with Gasteiger partial charge in [0.2, 0.25) is 21.7 Å². The van der Waals surface area contributed by atoms with Gasteiger partial charge in [0, 0.05) is 10.1 Å². The van der Waals surface area contributed by atoms with Crippen LogP contribution in [-0.2, 0) is 21.4 Å². The molecule has 0 atom stereocenters. The second-order valence-corrected chi connectivity index (χ2v) is 9.21. The van der Waals surface area contributed by atoms with E-state index in [9.17, 15) is 13.2 Å². The van der Waals surface area contributed by atoms with Gasteiger partial charge in [-0.05, 0) is 64.6 Å². The number of carbonyl (C=O) groups is 1. The first-order valence-electron chi connectivity index (χ1n) is 8.48. The zero-order valence-corrected chi connectivity index (χ0v) is 19.5. The SMILES string of the molecule is COc1cc(CNC(=O)CN(c2ccc(I)cc2)S(C)(=O)=O)cc(OC)c1OC. The Balaban J connectivity index is 2.14. The Morgan fingerprint density at radius 3 is 2.03 bits per heavy atom. The summed E-state index contributed by atoms with van der Waals surface area (Å²) in [5.41, 5.74) is 1.14. The fourth-order valence-corrected chi connectivity index (χ4v) is 3.85. The predicted molar refractivity (Wildman–Crippen MR) is 119 cm³/mol. The van der Waals surface area contributed by atoms with E-state index < -0.39 is 15.9 Å². The maximum Gasteiger partial charge on any atom is 0.241 e. The Morgan fingerprint density at radius 2 is 1.59 bits per heavy atom. The average molecular weight is 534 g/mol. The number of anilines is 1. The molecular formula is C19H23IN2O6S. The van der Waals surface area contributed by atoms with E-state index in [-0.39, 0.29) is 13.1 Å². The van der Waals surface area contributed by atoms with Crippen molar-refractivity contribution in [2.75, 3.05) is 38.4 Å². The second-order valence-electron chi connectivity index (χ2n) is 6.06. The molecule has 158 valence electrons. The Bertz CT molecular complexity index is 938. The molecule has 10 heteroatoms. The molecule has 0 bridgehead atoms. The van der Waals surface area contributed by atoms with Gasteiger partial charge in [0.1, 0.15) is 6.54 Å². The first-order valence-corrected chi connectivity index (χ1v) is 11.4. The molecule has 0 spiro atoms. The van der Waals surface area contributed by atoms with Gasteiger partial charge in [-0.1, -0.05) is 0 Å². The average Bonchev–Trinajstić information content (AvgIpc) is 2.69. The Morgan fingerprint density at radius 1 is 1.03 bits per heavy atom. The van der Waals surface area contributed by atoms with E-state index in [0.29, 0.717) is 28.5 Å². The quantitative estimate of drug-likeness (QED) is 0.497. The number of rotatable bonds is 9. The van der Waals surface area contributed by atoms with Crippen molar-refractivity contribution in [2.24, 2.45) is 0 Å². The number of hydrogen-bond acceptors (Lipinski definition) is 6. The van der Waals surface area contributed by atoms with Gasteiger partial charge in [-0.2, -0.15) is 0 Å². The van der Waals surface area contributed by atoms with Crippen molar-refractivity contribution in [3.63, 3.8) is 0 Å². The van der Waals surface area contributed by atoms with Crippen molar-refractivity contribution in [1.29, 1.82) is 0 Å². The fraction of sp³-hybridized carbons (Fsp3) is 0.316. The van der Waals surface area contributed by atoms with Crippen LogP contribution in [0.15, 0.2) is 36.4 Å². The van der Waals surface area contributed by atoms with Crippen molar-refractivity contribution in [3.05, 3.63) is 45.5 Å². The Kier molecular flexibility index (Phi) is 7.96. The smallest absolute Gasteiger partial charge is 0.241 e. The highest BCUT2D eigenvalue weighted by molar-refractivity contribution is 14.1.